The van der Waals surface area contributed by atoms with Gasteiger partial charge in [0, 0.05) is 45.7 Å². The number of piperidine rings is 1. The van der Waals surface area contributed by atoms with Gasteiger partial charge in [-0.05, 0) is 99.8 Å². The van der Waals surface area contributed by atoms with Gasteiger partial charge in [0.1, 0.15) is 6.04 Å². The molecule has 3 heterocycles. The van der Waals surface area contributed by atoms with Crippen molar-refractivity contribution < 1.29 is 14.4 Å². The summed E-state index contributed by atoms with van der Waals surface area (Å²) in [7, 11) is 7.71. The molecule has 2 saturated heterocycles. The molecular formula is C36H49N7O3. The van der Waals surface area contributed by atoms with E-state index in [-0.39, 0.29) is 23.6 Å². The molecule has 3 amide bonds. The number of carbonyl (C=O) groups excluding carboxylic acids is 3. The molecule has 6 rings (SSSR count). The van der Waals surface area contributed by atoms with E-state index in [2.05, 4.69) is 40.0 Å². The first-order valence-corrected chi connectivity index (χ1v) is 16.9. The van der Waals surface area contributed by atoms with Gasteiger partial charge in [-0.1, -0.05) is 30.3 Å². The second kappa shape index (κ2) is 13.9. The molecule has 46 heavy (non-hydrogen) atoms. The Kier molecular flexibility index (Phi) is 9.75. The zero-order valence-electron chi connectivity index (χ0n) is 27.7. The van der Waals surface area contributed by atoms with Crippen LogP contribution in [0.3, 0.4) is 0 Å². The van der Waals surface area contributed by atoms with E-state index >= 15 is 0 Å². The minimum atomic E-state index is -0.636. The summed E-state index contributed by atoms with van der Waals surface area (Å²) in [5.74, 6) is 0.124. The van der Waals surface area contributed by atoms with E-state index in [0.717, 1.165) is 35.9 Å². The maximum absolute atomic E-state index is 14.4. The Labute approximate surface area is 272 Å². The fraction of sp³-hybridized carbons (Fsp3) is 0.556. The largest absolute Gasteiger partial charge is 0.350 e. The average molecular weight is 628 g/mol. The second-order valence-corrected chi connectivity index (χ2v) is 14.0. The number of carbonyl (C=O) groups is 3. The lowest BCUT2D eigenvalue weighted by Crippen LogP contribution is -2.59. The summed E-state index contributed by atoms with van der Waals surface area (Å²) in [4.78, 5) is 47.4. The summed E-state index contributed by atoms with van der Waals surface area (Å²) in [5.41, 5.74) is 4.66. The maximum Gasteiger partial charge on any atom is 0.243 e. The van der Waals surface area contributed by atoms with Crippen molar-refractivity contribution >= 4 is 28.6 Å². The third-order valence-corrected chi connectivity index (χ3v) is 10.1. The lowest BCUT2D eigenvalue weighted by Gasteiger charge is -2.37. The average Bonchev–Trinajstić information content (AvgIpc) is 3.73. The van der Waals surface area contributed by atoms with Crippen molar-refractivity contribution in [2.75, 3.05) is 47.3 Å². The molecule has 1 aliphatic carbocycles. The van der Waals surface area contributed by atoms with Gasteiger partial charge >= 0.3 is 0 Å². The lowest BCUT2D eigenvalue weighted by molar-refractivity contribution is -0.146. The van der Waals surface area contributed by atoms with Crippen LogP contribution in [0.1, 0.15) is 54.7 Å². The molecule has 2 aliphatic heterocycles. The molecule has 3 aromatic rings. The molecule has 1 saturated carbocycles. The monoisotopic (exact) mass is 627 g/mol. The lowest BCUT2D eigenvalue weighted by atomic mass is 9.88. The van der Waals surface area contributed by atoms with Crippen LogP contribution in [-0.2, 0) is 34.4 Å². The van der Waals surface area contributed by atoms with E-state index in [1.807, 2.05) is 62.2 Å². The van der Waals surface area contributed by atoms with Gasteiger partial charge in [-0.2, -0.15) is 5.10 Å². The van der Waals surface area contributed by atoms with E-state index in [1.165, 1.54) is 24.0 Å². The topological polar surface area (TPSA) is 103 Å². The molecule has 1 aromatic heterocycles. The number of nitrogens with one attached hydrogen (secondary N) is 2. The minimum Gasteiger partial charge on any atom is -0.350 e. The van der Waals surface area contributed by atoms with Crippen molar-refractivity contribution in [3.63, 3.8) is 0 Å². The van der Waals surface area contributed by atoms with Crippen LogP contribution in [0, 0.1) is 11.8 Å². The smallest absolute Gasteiger partial charge is 0.243 e. The number of aromatic nitrogens is 2. The van der Waals surface area contributed by atoms with E-state index in [0.29, 0.717) is 44.9 Å². The first-order valence-electron chi connectivity index (χ1n) is 16.9. The van der Waals surface area contributed by atoms with Crippen molar-refractivity contribution in [2.45, 2.75) is 63.1 Å². The summed E-state index contributed by atoms with van der Waals surface area (Å²) >= 11 is 0. The highest BCUT2D eigenvalue weighted by molar-refractivity contribution is 5.94. The van der Waals surface area contributed by atoms with Crippen molar-refractivity contribution in [1.82, 2.24) is 35.1 Å². The number of rotatable bonds is 11. The third-order valence-electron chi connectivity index (χ3n) is 10.1. The van der Waals surface area contributed by atoms with Crippen LogP contribution in [-0.4, -0.2) is 102 Å². The van der Waals surface area contributed by atoms with E-state index in [1.54, 1.807) is 9.80 Å². The van der Waals surface area contributed by atoms with Crippen LogP contribution >= 0.6 is 0 Å². The molecule has 0 spiro atoms. The number of benzene rings is 2. The van der Waals surface area contributed by atoms with Gasteiger partial charge in [0.15, 0.2) is 0 Å². The van der Waals surface area contributed by atoms with Gasteiger partial charge in [0.2, 0.25) is 17.7 Å². The first-order chi connectivity index (χ1) is 22.2. The zero-order valence-corrected chi connectivity index (χ0v) is 27.7. The molecule has 0 radical (unpaired) electrons. The summed E-state index contributed by atoms with van der Waals surface area (Å²) in [6.07, 6.45) is 7.28. The Morgan fingerprint density at radius 3 is 2.50 bits per heavy atom. The summed E-state index contributed by atoms with van der Waals surface area (Å²) in [6, 6.07) is 13.7. The Hall–Kier alpha value is -3.76. The molecular weight excluding hydrogens is 578 g/mol. The van der Waals surface area contributed by atoms with Gasteiger partial charge in [-0.3, -0.25) is 19.1 Å². The molecule has 4 atom stereocenters. The second-order valence-electron chi connectivity index (χ2n) is 14.0. The van der Waals surface area contributed by atoms with Crippen molar-refractivity contribution in [1.29, 1.82) is 0 Å². The Morgan fingerprint density at radius 2 is 1.76 bits per heavy atom. The molecule has 2 aromatic carbocycles. The number of aryl methyl sites for hydroxylation is 1. The van der Waals surface area contributed by atoms with Gasteiger partial charge in [-0.25, -0.2) is 0 Å². The number of amides is 3. The van der Waals surface area contributed by atoms with Crippen LogP contribution in [0.4, 0.5) is 0 Å². The predicted molar refractivity (Wildman–Crippen MR) is 179 cm³/mol. The number of nitrogens with zero attached hydrogens (tertiary/aromatic N) is 5. The van der Waals surface area contributed by atoms with E-state index < -0.39 is 18.0 Å². The highest BCUT2D eigenvalue weighted by atomic mass is 16.2. The van der Waals surface area contributed by atoms with E-state index in [4.69, 9.17) is 0 Å². The molecule has 3 aliphatic rings. The Bertz CT molecular complexity index is 1550. The Balaban J connectivity index is 1.18. The van der Waals surface area contributed by atoms with Gasteiger partial charge < -0.3 is 25.3 Å². The van der Waals surface area contributed by atoms with Crippen LogP contribution in [0.25, 0.3) is 10.9 Å². The van der Waals surface area contributed by atoms with Gasteiger partial charge in [0.05, 0.1) is 23.7 Å². The number of hydrogen-bond acceptors (Lipinski definition) is 6. The summed E-state index contributed by atoms with van der Waals surface area (Å²) in [5, 5.41) is 11.9. The maximum atomic E-state index is 14.4. The van der Waals surface area contributed by atoms with Crippen LogP contribution in [0.15, 0.2) is 48.7 Å². The van der Waals surface area contributed by atoms with Crippen LogP contribution < -0.4 is 10.6 Å². The molecule has 10 heteroatoms. The number of fused-ring (bicyclic) bond motifs is 1. The molecule has 10 nitrogen and oxygen atoms in total. The predicted octanol–water partition coefficient (Wildman–Crippen LogP) is 2.91. The normalized spacial score (nSPS) is 23.2. The Morgan fingerprint density at radius 1 is 1.00 bits per heavy atom. The molecule has 2 N–H and O–H groups in total. The third kappa shape index (κ3) is 7.28. The number of hydrogen-bond donors (Lipinski definition) is 2. The zero-order chi connectivity index (χ0) is 32.4. The van der Waals surface area contributed by atoms with Crippen LogP contribution in [0.5, 0.6) is 0 Å². The highest BCUT2D eigenvalue weighted by Crippen LogP contribution is 2.40. The number of likely N-dealkylation sites (tertiary alicyclic amines) is 1. The molecule has 246 valence electrons. The van der Waals surface area contributed by atoms with Crippen molar-refractivity contribution in [3.05, 3.63) is 65.4 Å². The molecule has 3 fully saturated rings. The minimum absolute atomic E-state index is 0.00862. The summed E-state index contributed by atoms with van der Waals surface area (Å²) < 4.78 is 1.83. The van der Waals surface area contributed by atoms with E-state index in [9.17, 15) is 14.4 Å². The first kappa shape index (κ1) is 32.2. The quantitative estimate of drug-likeness (QED) is 0.339. The highest BCUT2D eigenvalue weighted by Gasteiger charge is 2.45. The van der Waals surface area contributed by atoms with Gasteiger partial charge in [0.25, 0.3) is 0 Å². The van der Waals surface area contributed by atoms with Gasteiger partial charge in [-0.15, -0.1) is 0 Å². The molecule has 0 bridgehead atoms. The standard InChI is InChI=1S/C36H49N7O3/c1-40(2)16-17-41(3)35(45)30-6-5-15-37-33(30)36(46)43-23-26(18-24-7-10-27(11-8-24)28-12-13-28)20-32(43)34(44)38-21-25-9-14-31-29(19-25)22-39-42(31)4/h7-11,14,19,22,26,28,30,32-33,37H,5-6,12-13,15-18,20-21,23H2,1-4H3,(H,38,44)/t26-,30+,32+,33-/m1/s1. The van der Waals surface area contributed by atoms with Crippen molar-refractivity contribution in [3.8, 4) is 0 Å². The number of likely N-dealkylation sites (N-methyl/N-ethyl adjacent to an activating group) is 2. The van der Waals surface area contributed by atoms with Crippen LogP contribution in [0.2, 0.25) is 0 Å². The molecule has 0 unspecified atom stereocenters. The SMILES string of the molecule is CN(C)CCN(C)C(=O)[C@H]1CCCN[C@H]1C(=O)N1C[C@H](Cc2ccc(C3CC3)cc2)C[C@H]1C(=O)NCc1ccc2c(cnn2C)c1. The fourth-order valence-corrected chi connectivity index (χ4v) is 7.20. The summed E-state index contributed by atoms with van der Waals surface area (Å²) in [6.45, 7) is 2.91. The fourth-order valence-electron chi connectivity index (χ4n) is 7.20. The van der Waals surface area contributed by atoms with Crippen molar-refractivity contribution in [2.24, 2.45) is 18.9 Å².